The second kappa shape index (κ2) is 8.21. The third kappa shape index (κ3) is 4.67. The number of rotatable bonds is 8. The lowest BCUT2D eigenvalue weighted by Gasteiger charge is -2.14. The van der Waals surface area contributed by atoms with Crippen LogP contribution >= 0.6 is 0 Å². The topological polar surface area (TPSA) is 80.1 Å². The summed E-state index contributed by atoms with van der Waals surface area (Å²) < 4.78 is 11.2. The highest BCUT2D eigenvalue weighted by Gasteiger charge is 2.13. The summed E-state index contributed by atoms with van der Waals surface area (Å²) in [6.45, 7) is 7.21. The third-order valence-corrected chi connectivity index (χ3v) is 2.50. The first-order chi connectivity index (χ1) is 9.22. The number of pyridine rings is 1. The fourth-order valence-corrected chi connectivity index (χ4v) is 1.61. The second-order valence-corrected chi connectivity index (χ2v) is 4.07. The summed E-state index contributed by atoms with van der Waals surface area (Å²) in [7, 11) is 0. The molecule has 0 spiro atoms. The Morgan fingerprint density at radius 1 is 1.37 bits per heavy atom. The summed E-state index contributed by atoms with van der Waals surface area (Å²) in [5, 5.41) is 3.58. The zero-order valence-corrected chi connectivity index (χ0v) is 11.7. The van der Waals surface area contributed by atoms with Crippen LogP contribution in [0.15, 0.2) is 11.2 Å². The van der Waals surface area contributed by atoms with Crippen molar-refractivity contribution in [3.05, 3.63) is 27.8 Å². The van der Waals surface area contributed by atoms with Crippen LogP contribution in [-0.2, 0) is 6.54 Å². The normalized spacial score (nSPS) is 9.84. The minimum atomic E-state index is 0.181. The first kappa shape index (κ1) is 15.1. The summed E-state index contributed by atoms with van der Waals surface area (Å²) in [5.74, 6) is 1.18. The number of azide groups is 1. The van der Waals surface area contributed by atoms with Gasteiger partial charge in [0, 0.05) is 16.7 Å². The molecule has 0 fully saturated rings. The van der Waals surface area contributed by atoms with Crippen molar-refractivity contribution in [2.75, 3.05) is 13.2 Å². The van der Waals surface area contributed by atoms with Gasteiger partial charge in [0.05, 0.1) is 25.3 Å². The van der Waals surface area contributed by atoms with Gasteiger partial charge >= 0.3 is 0 Å². The fourth-order valence-electron chi connectivity index (χ4n) is 1.61. The van der Waals surface area contributed by atoms with E-state index in [9.17, 15) is 0 Å². The Hall–Kier alpha value is -1.94. The van der Waals surface area contributed by atoms with Crippen LogP contribution in [-0.4, -0.2) is 18.2 Å². The van der Waals surface area contributed by atoms with Crippen molar-refractivity contribution in [3.63, 3.8) is 0 Å². The van der Waals surface area contributed by atoms with E-state index >= 15 is 0 Å². The molecule has 0 saturated heterocycles. The Morgan fingerprint density at radius 2 is 2.16 bits per heavy atom. The standard InChI is InChI=1S/C13H20N4O2/c1-4-6-7-19-13-11(9-15-17-14)12(18-5-2)8-10(3)16-13/h8H,4-7,9H2,1-3H3. The monoisotopic (exact) mass is 264 g/mol. The highest BCUT2D eigenvalue weighted by atomic mass is 16.5. The zero-order valence-electron chi connectivity index (χ0n) is 11.7. The molecule has 0 atom stereocenters. The van der Waals surface area contributed by atoms with Crippen LogP contribution in [0.4, 0.5) is 0 Å². The fraction of sp³-hybridized carbons (Fsp3) is 0.615. The number of aromatic nitrogens is 1. The van der Waals surface area contributed by atoms with Crippen LogP contribution in [0.2, 0.25) is 0 Å². The van der Waals surface area contributed by atoms with E-state index in [0.29, 0.717) is 30.4 Å². The van der Waals surface area contributed by atoms with E-state index in [1.165, 1.54) is 0 Å². The lowest BCUT2D eigenvalue weighted by atomic mass is 10.2. The van der Waals surface area contributed by atoms with Gasteiger partial charge in [0.25, 0.3) is 0 Å². The van der Waals surface area contributed by atoms with Gasteiger partial charge in [-0.25, -0.2) is 4.98 Å². The van der Waals surface area contributed by atoms with E-state index in [4.69, 9.17) is 15.0 Å². The molecule has 6 heteroatoms. The van der Waals surface area contributed by atoms with Crippen LogP contribution in [0.1, 0.15) is 37.9 Å². The van der Waals surface area contributed by atoms with Gasteiger partial charge in [-0.1, -0.05) is 18.5 Å². The van der Waals surface area contributed by atoms with Crippen molar-refractivity contribution in [1.82, 2.24) is 4.98 Å². The number of ether oxygens (including phenoxy) is 2. The van der Waals surface area contributed by atoms with E-state index in [2.05, 4.69) is 21.9 Å². The van der Waals surface area contributed by atoms with Gasteiger partial charge < -0.3 is 9.47 Å². The maximum atomic E-state index is 8.46. The van der Waals surface area contributed by atoms with E-state index < -0.39 is 0 Å². The van der Waals surface area contributed by atoms with Crippen molar-refractivity contribution in [1.29, 1.82) is 0 Å². The molecule has 0 saturated carbocycles. The molecule has 0 radical (unpaired) electrons. The predicted molar refractivity (Wildman–Crippen MR) is 73.4 cm³/mol. The molecule has 104 valence electrons. The molecule has 0 bridgehead atoms. The summed E-state index contributed by atoms with van der Waals surface area (Å²) in [4.78, 5) is 7.13. The molecule has 0 aliphatic carbocycles. The smallest absolute Gasteiger partial charge is 0.220 e. The number of hydrogen-bond donors (Lipinski definition) is 0. The number of unbranched alkanes of at least 4 members (excludes halogenated alkanes) is 1. The lowest BCUT2D eigenvalue weighted by Crippen LogP contribution is -2.06. The Balaban J connectivity index is 3.04. The predicted octanol–water partition coefficient (Wildman–Crippen LogP) is 3.78. The molecule has 6 nitrogen and oxygen atoms in total. The maximum Gasteiger partial charge on any atom is 0.220 e. The Morgan fingerprint density at radius 3 is 2.79 bits per heavy atom. The molecule has 1 rings (SSSR count). The highest BCUT2D eigenvalue weighted by molar-refractivity contribution is 5.42. The number of aryl methyl sites for hydroxylation is 1. The lowest BCUT2D eigenvalue weighted by molar-refractivity contribution is 0.286. The molecule has 0 N–H and O–H groups in total. The maximum absolute atomic E-state index is 8.46. The van der Waals surface area contributed by atoms with Gasteiger partial charge in [0.15, 0.2) is 0 Å². The molecule has 0 aromatic carbocycles. The van der Waals surface area contributed by atoms with E-state index in [0.717, 1.165) is 18.5 Å². The van der Waals surface area contributed by atoms with Crippen molar-refractivity contribution >= 4 is 0 Å². The van der Waals surface area contributed by atoms with Crippen molar-refractivity contribution in [2.24, 2.45) is 5.11 Å². The van der Waals surface area contributed by atoms with Crippen LogP contribution in [0.5, 0.6) is 11.6 Å². The molecule has 0 unspecified atom stereocenters. The number of hydrogen-bond acceptors (Lipinski definition) is 4. The molecular weight excluding hydrogens is 244 g/mol. The van der Waals surface area contributed by atoms with Crippen LogP contribution in [0, 0.1) is 6.92 Å². The average molecular weight is 264 g/mol. The van der Waals surface area contributed by atoms with E-state index in [1.807, 2.05) is 19.9 Å². The summed E-state index contributed by atoms with van der Waals surface area (Å²) in [5.41, 5.74) is 9.99. The van der Waals surface area contributed by atoms with Gasteiger partial charge in [0.1, 0.15) is 5.75 Å². The second-order valence-electron chi connectivity index (χ2n) is 4.07. The van der Waals surface area contributed by atoms with Crippen LogP contribution in [0.25, 0.3) is 10.4 Å². The molecular formula is C13H20N4O2. The molecule has 0 aliphatic heterocycles. The molecule has 0 aliphatic rings. The van der Waals surface area contributed by atoms with Gasteiger partial charge in [-0.3, -0.25) is 0 Å². The molecule has 0 amide bonds. The van der Waals surface area contributed by atoms with Gasteiger partial charge in [0.2, 0.25) is 5.88 Å². The minimum Gasteiger partial charge on any atom is -0.493 e. The Labute approximate surface area is 113 Å². The minimum absolute atomic E-state index is 0.181. The first-order valence-corrected chi connectivity index (χ1v) is 6.49. The number of nitrogens with zero attached hydrogens (tertiary/aromatic N) is 4. The molecule has 19 heavy (non-hydrogen) atoms. The van der Waals surface area contributed by atoms with E-state index in [1.54, 1.807) is 0 Å². The molecule has 1 aromatic rings. The summed E-state index contributed by atoms with van der Waals surface area (Å²) in [6.07, 6.45) is 2.01. The zero-order chi connectivity index (χ0) is 14.1. The Bertz CT molecular complexity index is 456. The third-order valence-electron chi connectivity index (χ3n) is 2.50. The first-order valence-electron chi connectivity index (χ1n) is 6.49. The van der Waals surface area contributed by atoms with Crippen LogP contribution < -0.4 is 9.47 Å². The highest BCUT2D eigenvalue weighted by Crippen LogP contribution is 2.29. The van der Waals surface area contributed by atoms with Gasteiger partial charge in [-0.2, -0.15) is 0 Å². The quantitative estimate of drug-likeness (QED) is 0.310. The van der Waals surface area contributed by atoms with Crippen molar-refractivity contribution < 1.29 is 9.47 Å². The summed E-state index contributed by atoms with van der Waals surface area (Å²) >= 11 is 0. The van der Waals surface area contributed by atoms with Gasteiger partial charge in [-0.15, -0.1) is 0 Å². The van der Waals surface area contributed by atoms with Gasteiger partial charge in [-0.05, 0) is 25.8 Å². The largest absolute Gasteiger partial charge is 0.493 e. The molecule has 1 heterocycles. The molecule has 1 aromatic heterocycles. The van der Waals surface area contributed by atoms with Crippen molar-refractivity contribution in [2.45, 2.75) is 40.2 Å². The SMILES string of the molecule is CCCCOc1nc(C)cc(OCC)c1CN=[N+]=[N-]. The van der Waals surface area contributed by atoms with E-state index in [-0.39, 0.29) is 6.54 Å². The van der Waals surface area contributed by atoms with Crippen LogP contribution in [0.3, 0.4) is 0 Å². The van der Waals surface area contributed by atoms with Crippen molar-refractivity contribution in [3.8, 4) is 11.6 Å². The summed E-state index contributed by atoms with van der Waals surface area (Å²) in [6, 6.07) is 1.83. The Kier molecular flexibility index (Phi) is 6.53. The average Bonchev–Trinajstić information content (AvgIpc) is 2.38.